The van der Waals surface area contributed by atoms with Crippen LogP contribution in [0.4, 0.5) is 4.79 Å². The molecule has 0 aliphatic heterocycles. The quantitative estimate of drug-likeness (QED) is 0.321. The number of rotatable bonds is 8. The predicted molar refractivity (Wildman–Crippen MR) is 83.5 cm³/mol. The second-order valence-electron chi connectivity index (χ2n) is 4.65. The molecule has 0 spiro atoms. The van der Waals surface area contributed by atoms with Gasteiger partial charge in [-0.25, -0.2) is 9.59 Å². The van der Waals surface area contributed by atoms with Crippen molar-refractivity contribution < 1.29 is 19.4 Å². The molecule has 0 saturated heterocycles. The van der Waals surface area contributed by atoms with Crippen LogP contribution in [0.5, 0.6) is 0 Å². The Morgan fingerprint density at radius 2 is 2.04 bits per heavy atom. The van der Waals surface area contributed by atoms with Gasteiger partial charge in [-0.3, -0.25) is 0 Å². The van der Waals surface area contributed by atoms with Gasteiger partial charge in [0, 0.05) is 5.88 Å². The molecule has 2 N–H and O–H groups in total. The Balaban J connectivity index is 2.64. The average Bonchev–Trinajstić information content (AvgIpc) is 2.55. The highest BCUT2D eigenvalue weighted by molar-refractivity contribution is 6.18. The molecule has 0 unspecified atom stereocenters. The maximum absolute atomic E-state index is 12.0. The number of carbonyl (C=O) groups is 2. The maximum Gasteiger partial charge on any atom is 0.341 e. The van der Waals surface area contributed by atoms with E-state index in [9.17, 15) is 19.6 Å². The summed E-state index contributed by atoms with van der Waals surface area (Å²) in [7, 11) is 0. The SMILES string of the molecule is C[C@@H](O)[C@H](NC(=O)N(CCCl)N=O)C(=O)OCc1ccccc1. The molecule has 0 saturated carbocycles. The largest absolute Gasteiger partial charge is 0.459 e. The van der Waals surface area contributed by atoms with Crippen molar-refractivity contribution >= 4 is 23.6 Å². The van der Waals surface area contributed by atoms with Gasteiger partial charge in [0.15, 0.2) is 6.04 Å². The van der Waals surface area contributed by atoms with E-state index >= 15 is 0 Å². The van der Waals surface area contributed by atoms with Gasteiger partial charge in [0.2, 0.25) is 0 Å². The molecule has 0 aliphatic carbocycles. The van der Waals surface area contributed by atoms with Gasteiger partial charge < -0.3 is 15.2 Å². The number of ether oxygens (including phenoxy) is 1. The number of esters is 1. The van der Waals surface area contributed by atoms with Gasteiger partial charge in [-0.05, 0) is 12.5 Å². The standard InChI is InChI=1S/C14H18ClN3O5/c1-10(19)12(16-14(21)18(17-22)8-7-15)13(20)23-9-11-5-3-2-4-6-11/h2-6,10,12,19H,7-9H2,1H3,(H,16,21)/t10-,12+/m1/s1. The number of urea groups is 1. The van der Waals surface area contributed by atoms with Gasteiger partial charge in [0.25, 0.3) is 0 Å². The van der Waals surface area contributed by atoms with Gasteiger partial charge in [-0.2, -0.15) is 5.01 Å². The third-order valence-corrected chi connectivity index (χ3v) is 3.04. The van der Waals surface area contributed by atoms with E-state index in [1.807, 2.05) is 6.07 Å². The molecule has 8 nitrogen and oxygen atoms in total. The fraction of sp³-hybridized carbons (Fsp3) is 0.429. The molecular weight excluding hydrogens is 326 g/mol. The zero-order valence-corrected chi connectivity index (χ0v) is 13.3. The summed E-state index contributed by atoms with van der Waals surface area (Å²) in [5, 5.41) is 14.9. The van der Waals surface area contributed by atoms with E-state index in [1.54, 1.807) is 24.3 Å². The Morgan fingerprint density at radius 3 is 2.57 bits per heavy atom. The number of nitrogens with one attached hydrogen (secondary N) is 1. The number of amides is 2. The second kappa shape index (κ2) is 9.75. The summed E-state index contributed by atoms with van der Waals surface area (Å²) in [5.74, 6) is -0.828. The van der Waals surface area contributed by atoms with E-state index in [-0.39, 0.29) is 19.0 Å². The van der Waals surface area contributed by atoms with E-state index in [0.717, 1.165) is 5.56 Å². The lowest BCUT2D eigenvalue weighted by Gasteiger charge is -2.22. The fourth-order valence-electron chi connectivity index (χ4n) is 1.66. The van der Waals surface area contributed by atoms with Crippen molar-refractivity contribution in [2.45, 2.75) is 25.7 Å². The Labute approximate surface area is 138 Å². The molecule has 2 amide bonds. The van der Waals surface area contributed by atoms with Crippen molar-refractivity contribution in [1.29, 1.82) is 0 Å². The molecule has 1 aromatic rings. The van der Waals surface area contributed by atoms with Crippen molar-refractivity contribution in [3.05, 3.63) is 40.8 Å². The smallest absolute Gasteiger partial charge is 0.341 e. The monoisotopic (exact) mass is 343 g/mol. The lowest BCUT2D eigenvalue weighted by molar-refractivity contribution is -0.150. The summed E-state index contributed by atoms with van der Waals surface area (Å²) in [6.45, 7) is 1.19. The number of alkyl halides is 1. The third-order valence-electron chi connectivity index (χ3n) is 2.87. The van der Waals surface area contributed by atoms with Crippen LogP contribution in [0.1, 0.15) is 12.5 Å². The molecule has 0 aromatic heterocycles. The van der Waals surface area contributed by atoms with E-state index in [4.69, 9.17) is 16.3 Å². The lowest BCUT2D eigenvalue weighted by Crippen LogP contribution is -2.52. The van der Waals surface area contributed by atoms with Crippen LogP contribution < -0.4 is 5.32 Å². The minimum absolute atomic E-state index is 0.00302. The Morgan fingerprint density at radius 1 is 1.39 bits per heavy atom. The second-order valence-corrected chi connectivity index (χ2v) is 5.03. The van der Waals surface area contributed by atoms with Crippen LogP contribution in [0, 0.1) is 4.91 Å². The molecule has 1 rings (SSSR count). The van der Waals surface area contributed by atoms with Crippen LogP contribution in [-0.4, -0.2) is 46.7 Å². The summed E-state index contributed by atoms with van der Waals surface area (Å²) in [6.07, 6.45) is -1.22. The number of aliphatic hydroxyl groups is 1. The molecule has 23 heavy (non-hydrogen) atoms. The molecule has 0 aliphatic rings. The number of nitrogens with zero attached hydrogens (tertiary/aromatic N) is 2. The highest BCUT2D eigenvalue weighted by Gasteiger charge is 2.29. The van der Waals surface area contributed by atoms with Crippen LogP contribution in [-0.2, 0) is 16.1 Å². The molecule has 0 heterocycles. The van der Waals surface area contributed by atoms with Crippen LogP contribution in [0.15, 0.2) is 35.6 Å². The first-order valence-electron chi connectivity index (χ1n) is 6.85. The van der Waals surface area contributed by atoms with Gasteiger partial charge in [0.05, 0.1) is 17.9 Å². The first kappa shape index (κ1) is 18.9. The number of hydrogen-bond acceptors (Lipinski definition) is 6. The van der Waals surface area contributed by atoms with Crippen molar-refractivity contribution in [3.63, 3.8) is 0 Å². The van der Waals surface area contributed by atoms with Crippen molar-refractivity contribution in [2.24, 2.45) is 5.29 Å². The van der Waals surface area contributed by atoms with E-state index in [1.165, 1.54) is 6.92 Å². The van der Waals surface area contributed by atoms with Crippen molar-refractivity contribution in [1.82, 2.24) is 10.3 Å². The van der Waals surface area contributed by atoms with E-state index in [2.05, 4.69) is 10.6 Å². The number of aliphatic hydroxyl groups excluding tert-OH is 1. The summed E-state index contributed by atoms with van der Waals surface area (Å²) >= 11 is 5.44. The topological polar surface area (TPSA) is 108 Å². The Bertz CT molecular complexity index is 526. The first-order valence-corrected chi connectivity index (χ1v) is 7.39. The number of halogens is 1. The number of benzene rings is 1. The zero-order chi connectivity index (χ0) is 17.2. The van der Waals surface area contributed by atoms with E-state index < -0.39 is 24.1 Å². The minimum Gasteiger partial charge on any atom is -0.459 e. The normalized spacial score (nSPS) is 12.8. The molecule has 9 heteroatoms. The Kier molecular flexibility index (Phi) is 8.00. The molecular formula is C14H18ClN3O5. The van der Waals surface area contributed by atoms with Gasteiger partial charge in [-0.15, -0.1) is 16.5 Å². The summed E-state index contributed by atoms with van der Waals surface area (Å²) in [6, 6.07) is 6.66. The van der Waals surface area contributed by atoms with Gasteiger partial charge >= 0.3 is 12.0 Å². The minimum atomic E-state index is -1.33. The molecule has 0 radical (unpaired) electrons. The number of nitroso groups, excluding NO2 is 1. The average molecular weight is 344 g/mol. The molecule has 126 valence electrons. The summed E-state index contributed by atoms with van der Waals surface area (Å²) in [5.41, 5.74) is 0.759. The summed E-state index contributed by atoms with van der Waals surface area (Å²) < 4.78 is 5.06. The number of hydrogen-bond donors (Lipinski definition) is 2. The van der Waals surface area contributed by atoms with Crippen LogP contribution in [0.2, 0.25) is 0 Å². The van der Waals surface area contributed by atoms with Gasteiger partial charge in [-0.1, -0.05) is 30.3 Å². The predicted octanol–water partition coefficient (Wildman–Crippen LogP) is 1.41. The van der Waals surface area contributed by atoms with E-state index in [0.29, 0.717) is 5.01 Å². The van der Waals surface area contributed by atoms with Crippen LogP contribution in [0.3, 0.4) is 0 Å². The van der Waals surface area contributed by atoms with Crippen molar-refractivity contribution in [2.75, 3.05) is 12.4 Å². The highest BCUT2D eigenvalue weighted by Crippen LogP contribution is 2.05. The zero-order valence-electron chi connectivity index (χ0n) is 12.5. The third kappa shape index (κ3) is 6.21. The Hall–Kier alpha value is -2.19. The fourth-order valence-corrected chi connectivity index (χ4v) is 1.82. The molecule has 0 fully saturated rings. The first-order chi connectivity index (χ1) is 11.0. The highest BCUT2D eigenvalue weighted by atomic mass is 35.5. The van der Waals surface area contributed by atoms with Crippen LogP contribution in [0.25, 0.3) is 0 Å². The van der Waals surface area contributed by atoms with Crippen LogP contribution >= 0.6 is 11.6 Å². The molecule has 1 aromatic carbocycles. The summed E-state index contributed by atoms with van der Waals surface area (Å²) in [4.78, 5) is 34.4. The maximum atomic E-state index is 12.0. The lowest BCUT2D eigenvalue weighted by atomic mass is 10.2. The van der Waals surface area contributed by atoms with Crippen molar-refractivity contribution in [3.8, 4) is 0 Å². The van der Waals surface area contributed by atoms with Gasteiger partial charge in [0.1, 0.15) is 6.61 Å². The number of carbonyl (C=O) groups excluding carboxylic acids is 2. The molecule has 0 bridgehead atoms. The molecule has 2 atom stereocenters.